The summed E-state index contributed by atoms with van der Waals surface area (Å²) in [6, 6.07) is 5.89. The number of aryl methyl sites for hydroxylation is 1. The molecule has 1 aromatic carbocycles. The number of aromatic nitrogens is 3. The molecule has 2 aromatic rings. The Balaban J connectivity index is 1.40. The first-order valence-electron chi connectivity index (χ1n) is 8.64. The molecule has 6 nitrogen and oxygen atoms in total. The van der Waals surface area contributed by atoms with E-state index in [2.05, 4.69) is 15.2 Å². The molecule has 0 saturated carbocycles. The molecule has 0 bridgehead atoms. The van der Waals surface area contributed by atoms with Crippen molar-refractivity contribution in [3.05, 3.63) is 47.3 Å². The number of amides is 1. The third kappa shape index (κ3) is 3.28. The number of ether oxygens (including phenoxy) is 1. The number of likely N-dealkylation sites (tertiary alicyclic amines) is 1. The smallest absolute Gasteiger partial charge is 0.253 e. The van der Waals surface area contributed by atoms with Gasteiger partial charge in [0.1, 0.15) is 11.6 Å². The highest BCUT2D eigenvalue weighted by Crippen LogP contribution is 2.36. The zero-order valence-electron chi connectivity index (χ0n) is 14.1. The molecule has 3 atom stereocenters. The number of benzene rings is 1. The van der Waals surface area contributed by atoms with Gasteiger partial charge in [-0.2, -0.15) is 5.10 Å². The number of carbonyl (C=O) groups is 1. The molecule has 25 heavy (non-hydrogen) atoms. The van der Waals surface area contributed by atoms with E-state index in [4.69, 9.17) is 4.74 Å². The van der Waals surface area contributed by atoms with Crippen LogP contribution in [0.15, 0.2) is 24.3 Å². The Hall–Kier alpha value is -2.28. The van der Waals surface area contributed by atoms with Crippen molar-refractivity contribution < 1.29 is 13.9 Å². The fourth-order valence-electron chi connectivity index (χ4n) is 3.95. The van der Waals surface area contributed by atoms with Gasteiger partial charge in [-0.25, -0.2) is 9.37 Å². The van der Waals surface area contributed by atoms with E-state index in [0.717, 1.165) is 18.1 Å². The van der Waals surface area contributed by atoms with Crippen LogP contribution in [-0.2, 0) is 11.2 Å². The average Bonchev–Trinajstić information content (AvgIpc) is 3.20. The van der Waals surface area contributed by atoms with Crippen LogP contribution in [0.1, 0.15) is 28.4 Å². The maximum atomic E-state index is 13.4. The van der Waals surface area contributed by atoms with Gasteiger partial charge in [0.05, 0.1) is 12.7 Å². The quantitative estimate of drug-likeness (QED) is 0.924. The van der Waals surface area contributed by atoms with Crippen molar-refractivity contribution in [2.45, 2.75) is 25.9 Å². The van der Waals surface area contributed by atoms with Crippen molar-refractivity contribution in [1.82, 2.24) is 20.1 Å². The molecule has 0 spiro atoms. The number of hydrogen-bond donors (Lipinski definition) is 1. The number of nitrogens with zero attached hydrogens (tertiary/aromatic N) is 3. The van der Waals surface area contributed by atoms with Gasteiger partial charge >= 0.3 is 0 Å². The van der Waals surface area contributed by atoms with Gasteiger partial charge in [0, 0.05) is 31.0 Å². The topological polar surface area (TPSA) is 71.1 Å². The third-order valence-corrected chi connectivity index (χ3v) is 5.18. The minimum Gasteiger partial charge on any atom is -0.377 e. The SMILES string of the molecule is Cc1nc(C[C@@H]2OC[C@H]3CN(C(=O)c4cccc(F)c4)CC[C@H]32)n[nH]1. The molecule has 3 heterocycles. The number of aromatic amines is 1. The van der Waals surface area contributed by atoms with E-state index in [0.29, 0.717) is 43.5 Å². The maximum absolute atomic E-state index is 13.4. The summed E-state index contributed by atoms with van der Waals surface area (Å²) in [7, 11) is 0. The Kier molecular flexibility index (Phi) is 4.25. The summed E-state index contributed by atoms with van der Waals surface area (Å²) in [6.45, 7) is 3.85. The number of rotatable bonds is 3. The normalized spacial score (nSPS) is 25.8. The molecule has 1 aromatic heterocycles. The molecule has 2 saturated heterocycles. The second-order valence-corrected chi connectivity index (χ2v) is 6.89. The average molecular weight is 344 g/mol. The van der Waals surface area contributed by atoms with Crippen LogP contribution in [0.5, 0.6) is 0 Å². The Labute approximate surface area is 145 Å². The number of fused-ring (bicyclic) bond motifs is 1. The van der Waals surface area contributed by atoms with E-state index in [1.807, 2.05) is 11.8 Å². The van der Waals surface area contributed by atoms with Crippen LogP contribution in [-0.4, -0.2) is 51.8 Å². The molecule has 2 aliphatic rings. The molecule has 2 fully saturated rings. The van der Waals surface area contributed by atoms with Crippen molar-refractivity contribution in [2.75, 3.05) is 19.7 Å². The lowest BCUT2D eigenvalue weighted by Crippen LogP contribution is -2.44. The Morgan fingerprint density at radius 2 is 2.36 bits per heavy atom. The van der Waals surface area contributed by atoms with Gasteiger partial charge in [-0.3, -0.25) is 9.89 Å². The Morgan fingerprint density at radius 3 is 3.12 bits per heavy atom. The lowest BCUT2D eigenvalue weighted by Gasteiger charge is -2.35. The van der Waals surface area contributed by atoms with Crippen LogP contribution in [0.3, 0.4) is 0 Å². The van der Waals surface area contributed by atoms with Crippen molar-refractivity contribution in [3.8, 4) is 0 Å². The second-order valence-electron chi connectivity index (χ2n) is 6.89. The molecule has 132 valence electrons. The minimum absolute atomic E-state index is 0.103. The molecule has 4 rings (SSSR count). The first-order valence-corrected chi connectivity index (χ1v) is 8.64. The molecular formula is C18H21FN4O2. The van der Waals surface area contributed by atoms with E-state index in [9.17, 15) is 9.18 Å². The van der Waals surface area contributed by atoms with Gasteiger partial charge in [0.15, 0.2) is 5.82 Å². The first kappa shape index (κ1) is 16.2. The predicted molar refractivity (Wildman–Crippen MR) is 88.5 cm³/mol. The van der Waals surface area contributed by atoms with Crippen molar-refractivity contribution in [2.24, 2.45) is 11.8 Å². The van der Waals surface area contributed by atoms with Crippen LogP contribution in [0.4, 0.5) is 4.39 Å². The molecule has 0 unspecified atom stereocenters. The number of H-pyrrole nitrogens is 1. The fourth-order valence-corrected chi connectivity index (χ4v) is 3.95. The number of piperidine rings is 1. The molecule has 1 N–H and O–H groups in total. The van der Waals surface area contributed by atoms with Crippen LogP contribution in [0.25, 0.3) is 0 Å². The van der Waals surface area contributed by atoms with Gasteiger partial charge in [-0.15, -0.1) is 0 Å². The first-order chi connectivity index (χ1) is 12.1. The number of halogens is 1. The van der Waals surface area contributed by atoms with Crippen molar-refractivity contribution >= 4 is 5.91 Å². The second kappa shape index (κ2) is 6.55. The fraction of sp³-hybridized carbons (Fsp3) is 0.500. The van der Waals surface area contributed by atoms with E-state index in [1.54, 1.807) is 12.1 Å². The standard InChI is InChI=1S/C18H21FN4O2/c1-11-20-17(22-21-11)8-16-15-5-6-23(9-13(15)10-25-16)18(24)12-3-2-4-14(19)7-12/h2-4,7,13,15-16H,5-6,8-10H2,1H3,(H,20,21,22)/t13-,15-,16+/m1/s1. The Bertz CT molecular complexity index is 778. The number of carbonyl (C=O) groups excluding carboxylic acids is 1. The van der Waals surface area contributed by atoms with Crippen molar-refractivity contribution in [3.63, 3.8) is 0 Å². The Morgan fingerprint density at radius 1 is 1.48 bits per heavy atom. The summed E-state index contributed by atoms with van der Waals surface area (Å²) in [5.41, 5.74) is 0.408. The summed E-state index contributed by atoms with van der Waals surface area (Å²) in [4.78, 5) is 18.8. The summed E-state index contributed by atoms with van der Waals surface area (Å²) in [6.07, 6.45) is 1.69. The third-order valence-electron chi connectivity index (χ3n) is 5.18. The molecular weight excluding hydrogens is 323 g/mol. The highest BCUT2D eigenvalue weighted by molar-refractivity contribution is 5.94. The highest BCUT2D eigenvalue weighted by atomic mass is 19.1. The van der Waals surface area contributed by atoms with Gasteiger partial charge < -0.3 is 9.64 Å². The predicted octanol–water partition coefficient (Wildman–Crippen LogP) is 1.97. The van der Waals surface area contributed by atoms with Gasteiger partial charge in [-0.1, -0.05) is 6.07 Å². The molecule has 2 aliphatic heterocycles. The molecule has 0 aliphatic carbocycles. The zero-order valence-corrected chi connectivity index (χ0v) is 14.1. The van der Waals surface area contributed by atoms with Crippen LogP contribution in [0.2, 0.25) is 0 Å². The minimum atomic E-state index is -0.383. The molecule has 7 heteroatoms. The van der Waals surface area contributed by atoms with Gasteiger partial charge in [-0.05, 0) is 37.5 Å². The summed E-state index contributed by atoms with van der Waals surface area (Å²) < 4.78 is 19.3. The number of nitrogens with one attached hydrogen (secondary N) is 1. The lowest BCUT2D eigenvalue weighted by molar-refractivity contribution is 0.0609. The largest absolute Gasteiger partial charge is 0.377 e. The van der Waals surface area contributed by atoms with E-state index >= 15 is 0 Å². The van der Waals surface area contributed by atoms with E-state index in [1.165, 1.54) is 12.1 Å². The molecule has 1 amide bonds. The van der Waals surface area contributed by atoms with Crippen LogP contribution in [0, 0.1) is 24.6 Å². The summed E-state index contributed by atoms with van der Waals surface area (Å²) in [5.74, 6) is 1.82. The number of hydrogen-bond acceptors (Lipinski definition) is 4. The van der Waals surface area contributed by atoms with Gasteiger partial charge in [0.2, 0.25) is 0 Å². The summed E-state index contributed by atoms with van der Waals surface area (Å²) >= 11 is 0. The lowest BCUT2D eigenvalue weighted by atomic mass is 9.83. The van der Waals surface area contributed by atoms with Gasteiger partial charge in [0.25, 0.3) is 5.91 Å². The van der Waals surface area contributed by atoms with E-state index in [-0.39, 0.29) is 17.8 Å². The maximum Gasteiger partial charge on any atom is 0.253 e. The molecule has 0 radical (unpaired) electrons. The van der Waals surface area contributed by atoms with Crippen LogP contribution < -0.4 is 0 Å². The van der Waals surface area contributed by atoms with Crippen LogP contribution >= 0.6 is 0 Å². The van der Waals surface area contributed by atoms with Crippen molar-refractivity contribution in [1.29, 1.82) is 0 Å². The highest BCUT2D eigenvalue weighted by Gasteiger charge is 2.42. The summed E-state index contributed by atoms with van der Waals surface area (Å²) in [5, 5.41) is 7.05. The zero-order chi connectivity index (χ0) is 17.4. The monoisotopic (exact) mass is 344 g/mol. The van der Waals surface area contributed by atoms with E-state index < -0.39 is 0 Å².